The molecule has 5 nitrogen and oxygen atoms in total. The van der Waals surface area contributed by atoms with Crippen LogP contribution in [0.4, 0.5) is 5.82 Å². The molecule has 0 aliphatic rings. The predicted octanol–water partition coefficient (Wildman–Crippen LogP) is 1.80. The molecule has 1 N–H and O–H groups in total. The van der Waals surface area contributed by atoms with Crippen LogP contribution in [0.25, 0.3) is 0 Å². The summed E-state index contributed by atoms with van der Waals surface area (Å²) in [5.74, 6) is -0.578. The standard InChI is InChI=1S/C11H17N3O2/c1-5-11(2,3)14(4)9-8(10(15)16)6-7-12-13-9/h6-7H,5H2,1-4H3,(H,15,16). The van der Waals surface area contributed by atoms with Gasteiger partial charge in [-0.2, -0.15) is 5.10 Å². The second kappa shape index (κ2) is 4.47. The van der Waals surface area contributed by atoms with Gasteiger partial charge in [-0.25, -0.2) is 4.79 Å². The largest absolute Gasteiger partial charge is 0.478 e. The van der Waals surface area contributed by atoms with Crippen LogP contribution in [-0.2, 0) is 0 Å². The van der Waals surface area contributed by atoms with E-state index in [-0.39, 0.29) is 11.1 Å². The summed E-state index contributed by atoms with van der Waals surface area (Å²) in [4.78, 5) is 12.9. The summed E-state index contributed by atoms with van der Waals surface area (Å²) in [7, 11) is 1.83. The van der Waals surface area contributed by atoms with Crippen molar-refractivity contribution in [2.24, 2.45) is 0 Å². The van der Waals surface area contributed by atoms with Crippen LogP contribution in [0.2, 0.25) is 0 Å². The van der Waals surface area contributed by atoms with E-state index in [0.29, 0.717) is 5.82 Å². The van der Waals surface area contributed by atoms with Crippen molar-refractivity contribution in [1.29, 1.82) is 0 Å². The molecule has 0 bridgehead atoms. The third-order valence-electron chi connectivity index (χ3n) is 3.02. The molecule has 16 heavy (non-hydrogen) atoms. The Balaban J connectivity index is 3.18. The molecule has 0 saturated carbocycles. The van der Waals surface area contributed by atoms with Crippen molar-refractivity contribution >= 4 is 11.8 Å². The zero-order chi connectivity index (χ0) is 12.3. The van der Waals surface area contributed by atoms with Gasteiger partial charge in [-0.05, 0) is 26.3 Å². The van der Waals surface area contributed by atoms with Crippen LogP contribution in [0, 0.1) is 0 Å². The fourth-order valence-electron chi connectivity index (χ4n) is 1.26. The minimum absolute atomic E-state index is 0.153. The Hall–Kier alpha value is -1.65. The summed E-state index contributed by atoms with van der Waals surface area (Å²) in [6, 6.07) is 1.47. The summed E-state index contributed by atoms with van der Waals surface area (Å²) in [6.45, 7) is 6.12. The van der Waals surface area contributed by atoms with Crippen LogP contribution in [0.15, 0.2) is 12.3 Å². The van der Waals surface area contributed by atoms with Gasteiger partial charge in [0.2, 0.25) is 0 Å². The first-order valence-corrected chi connectivity index (χ1v) is 5.19. The average molecular weight is 223 g/mol. The summed E-state index contributed by atoms with van der Waals surface area (Å²) in [5, 5.41) is 16.7. The van der Waals surface area contributed by atoms with Gasteiger partial charge >= 0.3 is 5.97 Å². The summed E-state index contributed by atoms with van der Waals surface area (Å²) in [6.07, 6.45) is 2.28. The second-order valence-corrected chi connectivity index (χ2v) is 4.30. The molecule has 0 radical (unpaired) electrons. The van der Waals surface area contributed by atoms with Crippen molar-refractivity contribution in [1.82, 2.24) is 10.2 Å². The van der Waals surface area contributed by atoms with E-state index in [9.17, 15) is 4.79 Å². The molecule has 0 unspecified atom stereocenters. The zero-order valence-electron chi connectivity index (χ0n) is 10.1. The number of anilines is 1. The smallest absolute Gasteiger partial charge is 0.339 e. The molecule has 0 aliphatic carbocycles. The van der Waals surface area contributed by atoms with E-state index in [0.717, 1.165) is 6.42 Å². The second-order valence-electron chi connectivity index (χ2n) is 4.30. The molecule has 0 saturated heterocycles. The van der Waals surface area contributed by atoms with E-state index in [1.807, 2.05) is 32.7 Å². The first-order chi connectivity index (χ1) is 7.40. The maximum atomic E-state index is 11.0. The molecule has 5 heteroatoms. The maximum Gasteiger partial charge on any atom is 0.339 e. The van der Waals surface area contributed by atoms with Crippen LogP contribution >= 0.6 is 0 Å². The fourth-order valence-corrected chi connectivity index (χ4v) is 1.26. The third kappa shape index (κ3) is 2.29. The lowest BCUT2D eigenvalue weighted by Crippen LogP contribution is -2.42. The predicted molar refractivity (Wildman–Crippen MR) is 61.8 cm³/mol. The van der Waals surface area contributed by atoms with E-state index < -0.39 is 5.97 Å². The number of rotatable bonds is 4. The third-order valence-corrected chi connectivity index (χ3v) is 3.02. The number of carbonyl (C=O) groups is 1. The van der Waals surface area contributed by atoms with Gasteiger partial charge in [-0.15, -0.1) is 5.10 Å². The number of carboxylic acids is 1. The number of aromatic nitrogens is 2. The molecule has 0 aromatic carbocycles. The average Bonchev–Trinajstić information content (AvgIpc) is 2.28. The maximum absolute atomic E-state index is 11.0. The fraction of sp³-hybridized carbons (Fsp3) is 0.545. The van der Waals surface area contributed by atoms with Crippen molar-refractivity contribution < 1.29 is 9.90 Å². The lowest BCUT2D eigenvalue weighted by atomic mass is 9.99. The van der Waals surface area contributed by atoms with Crippen molar-refractivity contribution in [3.63, 3.8) is 0 Å². The molecule has 0 amide bonds. The topological polar surface area (TPSA) is 66.3 Å². The molecule has 1 aromatic heterocycles. The minimum atomic E-state index is -0.983. The molecule has 1 aromatic rings. The molecule has 1 rings (SSSR count). The Morgan fingerprint density at radius 2 is 2.19 bits per heavy atom. The molecular formula is C11H17N3O2. The van der Waals surface area contributed by atoms with E-state index >= 15 is 0 Å². The first kappa shape index (κ1) is 12.4. The first-order valence-electron chi connectivity index (χ1n) is 5.19. The molecule has 88 valence electrons. The Morgan fingerprint density at radius 3 is 2.69 bits per heavy atom. The quantitative estimate of drug-likeness (QED) is 0.843. The van der Waals surface area contributed by atoms with E-state index in [1.165, 1.54) is 12.3 Å². The number of nitrogens with zero attached hydrogens (tertiary/aromatic N) is 3. The van der Waals surface area contributed by atoms with Gasteiger partial charge in [0, 0.05) is 12.6 Å². The highest BCUT2D eigenvalue weighted by atomic mass is 16.4. The van der Waals surface area contributed by atoms with Crippen LogP contribution in [0.1, 0.15) is 37.6 Å². The van der Waals surface area contributed by atoms with E-state index in [1.54, 1.807) is 0 Å². The van der Waals surface area contributed by atoms with Crippen molar-refractivity contribution in [2.75, 3.05) is 11.9 Å². The Bertz CT molecular complexity index is 391. The van der Waals surface area contributed by atoms with Gasteiger partial charge in [-0.1, -0.05) is 6.92 Å². The van der Waals surface area contributed by atoms with E-state index in [4.69, 9.17) is 5.11 Å². The minimum Gasteiger partial charge on any atom is -0.478 e. The molecule has 1 heterocycles. The summed E-state index contributed by atoms with van der Waals surface area (Å²) in [5.41, 5.74) is 0.0271. The normalized spacial score (nSPS) is 11.2. The van der Waals surface area contributed by atoms with E-state index in [2.05, 4.69) is 10.2 Å². The van der Waals surface area contributed by atoms with Gasteiger partial charge in [0.15, 0.2) is 5.82 Å². The van der Waals surface area contributed by atoms with Crippen LogP contribution < -0.4 is 4.90 Å². The number of hydrogen-bond acceptors (Lipinski definition) is 4. The molecule has 0 aliphatic heterocycles. The lowest BCUT2D eigenvalue weighted by Gasteiger charge is -2.35. The van der Waals surface area contributed by atoms with Gasteiger partial charge in [0.05, 0.1) is 6.20 Å². The number of hydrogen-bond donors (Lipinski definition) is 1. The molecular weight excluding hydrogens is 206 g/mol. The van der Waals surface area contributed by atoms with Crippen molar-refractivity contribution in [2.45, 2.75) is 32.7 Å². The Morgan fingerprint density at radius 1 is 1.56 bits per heavy atom. The zero-order valence-corrected chi connectivity index (χ0v) is 10.1. The van der Waals surface area contributed by atoms with Gasteiger partial charge < -0.3 is 10.0 Å². The SMILES string of the molecule is CCC(C)(C)N(C)c1nnccc1C(=O)O. The van der Waals surface area contributed by atoms with Gasteiger partial charge in [0.25, 0.3) is 0 Å². The summed E-state index contributed by atoms with van der Waals surface area (Å²) >= 11 is 0. The highest BCUT2D eigenvalue weighted by molar-refractivity contribution is 5.93. The Kier molecular flexibility index (Phi) is 3.47. The van der Waals surface area contributed by atoms with Gasteiger partial charge in [-0.3, -0.25) is 0 Å². The highest BCUT2D eigenvalue weighted by Crippen LogP contribution is 2.25. The molecule has 0 fully saturated rings. The number of carboxylic acid groups (broad SMARTS) is 1. The van der Waals surface area contributed by atoms with Crippen LogP contribution in [0.3, 0.4) is 0 Å². The monoisotopic (exact) mass is 223 g/mol. The van der Waals surface area contributed by atoms with Crippen molar-refractivity contribution in [3.05, 3.63) is 17.8 Å². The Labute approximate surface area is 95.1 Å². The molecule has 0 atom stereocenters. The van der Waals surface area contributed by atoms with Crippen LogP contribution in [-0.4, -0.2) is 33.9 Å². The number of aromatic carboxylic acids is 1. The summed E-state index contributed by atoms with van der Waals surface area (Å²) < 4.78 is 0. The van der Waals surface area contributed by atoms with Crippen LogP contribution in [0.5, 0.6) is 0 Å². The molecule has 0 spiro atoms. The van der Waals surface area contributed by atoms with Crippen molar-refractivity contribution in [3.8, 4) is 0 Å². The lowest BCUT2D eigenvalue weighted by molar-refractivity contribution is 0.0696. The highest BCUT2D eigenvalue weighted by Gasteiger charge is 2.26. The van der Waals surface area contributed by atoms with Gasteiger partial charge in [0.1, 0.15) is 5.56 Å².